The van der Waals surface area contributed by atoms with Gasteiger partial charge in [0, 0.05) is 65.6 Å². The summed E-state index contributed by atoms with van der Waals surface area (Å²) in [6.45, 7) is 7.30. The van der Waals surface area contributed by atoms with E-state index in [0.29, 0.717) is 30.6 Å². The molecule has 4 heterocycles. The maximum absolute atomic E-state index is 12.9. The van der Waals surface area contributed by atoms with Crippen LogP contribution in [0.5, 0.6) is 0 Å². The fourth-order valence-electron chi connectivity index (χ4n) is 5.99. The molecule has 0 aromatic carbocycles. The van der Waals surface area contributed by atoms with Crippen molar-refractivity contribution >= 4 is 17.7 Å². The summed E-state index contributed by atoms with van der Waals surface area (Å²) >= 11 is 0. The van der Waals surface area contributed by atoms with E-state index in [1.54, 1.807) is 6.92 Å². The minimum Gasteiger partial charge on any atom is -0.375 e. The third kappa shape index (κ3) is 5.60. The number of likely N-dealkylation sites (tertiary alicyclic amines) is 3. The van der Waals surface area contributed by atoms with Crippen molar-refractivity contribution in [1.82, 2.24) is 14.7 Å². The van der Waals surface area contributed by atoms with Crippen molar-refractivity contribution < 1.29 is 19.1 Å². The molecule has 7 nitrogen and oxygen atoms in total. The van der Waals surface area contributed by atoms with Gasteiger partial charge in [0.2, 0.25) is 17.7 Å². The average molecular weight is 434 g/mol. The van der Waals surface area contributed by atoms with Crippen molar-refractivity contribution in [2.24, 2.45) is 11.8 Å². The lowest BCUT2D eigenvalue weighted by Crippen LogP contribution is -2.51. The molecule has 0 saturated carbocycles. The maximum Gasteiger partial charge on any atom is 0.222 e. The summed E-state index contributed by atoms with van der Waals surface area (Å²) < 4.78 is 6.26. The second-order valence-electron chi connectivity index (χ2n) is 10.2. The van der Waals surface area contributed by atoms with Crippen molar-refractivity contribution in [2.75, 3.05) is 45.9 Å². The number of hydrogen-bond acceptors (Lipinski definition) is 4. The highest BCUT2D eigenvalue weighted by Gasteiger charge is 2.42. The highest BCUT2D eigenvalue weighted by molar-refractivity contribution is 5.77. The van der Waals surface area contributed by atoms with Gasteiger partial charge >= 0.3 is 0 Å². The molecule has 1 atom stereocenters. The van der Waals surface area contributed by atoms with Gasteiger partial charge in [-0.25, -0.2) is 0 Å². The van der Waals surface area contributed by atoms with E-state index in [4.69, 9.17) is 4.74 Å². The first-order valence-electron chi connectivity index (χ1n) is 12.4. The van der Waals surface area contributed by atoms with Crippen LogP contribution in [0.4, 0.5) is 0 Å². The summed E-state index contributed by atoms with van der Waals surface area (Å²) in [5.74, 6) is 1.52. The van der Waals surface area contributed by atoms with Gasteiger partial charge in [-0.3, -0.25) is 14.4 Å². The highest BCUT2D eigenvalue weighted by Crippen LogP contribution is 2.39. The van der Waals surface area contributed by atoms with E-state index in [1.165, 1.54) is 0 Å². The summed E-state index contributed by atoms with van der Waals surface area (Å²) in [6, 6.07) is 0. The number of carbonyl (C=O) groups is 3. The van der Waals surface area contributed by atoms with Gasteiger partial charge in [-0.15, -0.1) is 0 Å². The lowest BCUT2D eigenvalue weighted by molar-refractivity contribution is -0.150. The van der Waals surface area contributed by atoms with Crippen LogP contribution >= 0.6 is 0 Å². The van der Waals surface area contributed by atoms with Gasteiger partial charge in [-0.2, -0.15) is 0 Å². The molecule has 0 aliphatic carbocycles. The molecule has 0 aromatic heterocycles. The molecule has 4 saturated heterocycles. The second kappa shape index (κ2) is 9.88. The highest BCUT2D eigenvalue weighted by atomic mass is 16.5. The molecule has 4 aliphatic rings. The van der Waals surface area contributed by atoms with Crippen LogP contribution in [-0.4, -0.2) is 83.9 Å². The molecule has 7 heteroatoms. The van der Waals surface area contributed by atoms with Gasteiger partial charge in [0.25, 0.3) is 0 Å². The SMILES string of the molecule is CC(=O)N1CCC(CC(=O)N2CCC3(CC2)CC(CC(=O)N2CCCC2)CCO3)CC1. The number of amides is 3. The Morgan fingerprint density at radius 2 is 1.35 bits per heavy atom. The van der Waals surface area contributed by atoms with Crippen LogP contribution in [0.15, 0.2) is 0 Å². The molecular weight excluding hydrogens is 394 g/mol. The Labute approximate surface area is 186 Å². The van der Waals surface area contributed by atoms with Gasteiger partial charge in [0.15, 0.2) is 0 Å². The van der Waals surface area contributed by atoms with Gasteiger partial charge in [0.05, 0.1) is 5.60 Å². The van der Waals surface area contributed by atoms with Gasteiger partial charge in [0.1, 0.15) is 0 Å². The van der Waals surface area contributed by atoms with Crippen molar-refractivity contribution in [3.8, 4) is 0 Å². The standard InChI is InChI=1S/C24H39N3O4/c1-19(28)25-11-4-20(5-12-25)16-22(29)27-13-7-24(8-14-27)18-21(6-15-31-24)17-23(30)26-9-2-3-10-26/h20-21H,2-18H2,1H3. The molecule has 0 N–H and O–H groups in total. The van der Waals surface area contributed by atoms with Crippen molar-refractivity contribution in [3.05, 3.63) is 0 Å². The van der Waals surface area contributed by atoms with E-state index in [1.807, 2.05) is 14.7 Å². The van der Waals surface area contributed by atoms with Gasteiger partial charge in [-0.05, 0) is 63.2 Å². The van der Waals surface area contributed by atoms with E-state index in [2.05, 4.69) is 0 Å². The topological polar surface area (TPSA) is 70.2 Å². The Morgan fingerprint density at radius 1 is 0.774 bits per heavy atom. The largest absolute Gasteiger partial charge is 0.375 e. The van der Waals surface area contributed by atoms with Crippen LogP contribution in [0, 0.1) is 11.8 Å². The molecule has 4 fully saturated rings. The lowest BCUT2D eigenvalue weighted by Gasteiger charge is -2.46. The fourth-order valence-corrected chi connectivity index (χ4v) is 5.99. The number of hydrogen-bond donors (Lipinski definition) is 0. The molecule has 1 unspecified atom stereocenters. The minimum absolute atomic E-state index is 0.138. The number of ether oxygens (including phenoxy) is 1. The van der Waals surface area contributed by atoms with Crippen LogP contribution in [-0.2, 0) is 19.1 Å². The van der Waals surface area contributed by atoms with Crippen molar-refractivity contribution in [3.63, 3.8) is 0 Å². The molecule has 3 amide bonds. The summed E-state index contributed by atoms with van der Waals surface area (Å²) in [4.78, 5) is 42.9. The summed E-state index contributed by atoms with van der Waals surface area (Å²) in [6.07, 6.45) is 9.11. The third-order valence-corrected chi connectivity index (χ3v) is 8.07. The number of nitrogens with zero attached hydrogens (tertiary/aromatic N) is 3. The van der Waals surface area contributed by atoms with E-state index >= 15 is 0 Å². The van der Waals surface area contributed by atoms with Crippen LogP contribution < -0.4 is 0 Å². The maximum atomic E-state index is 12.9. The monoisotopic (exact) mass is 433 g/mol. The summed E-state index contributed by atoms with van der Waals surface area (Å²) in [7, 11) is 0. The average Bonchev–Trinajstić information content (AvgIpc) is 3.30. The normalized spacial score (nSPS) is 27.0. The molecule has 4 aliphatic heterocycles. The summed E-state index contributed by atoms with van der Waals surface area (Å²) in [5.41, 5.74) is -0.141. The predicted octanol–water partition coefficient (Wildman–Crippen LogP) is 2.44. The first kappa shape index (κ1) is 22.6. The molecule has 1 spiro atoms. The molecule has 31 heavy (non-hydrogen) atoms. The van der Waals surface area contributed by atoms with Gasteiger partial charge < -0.3 is 19.4 Å². The first-order chi connectivity index (χ1) is 14.9. The zero-order chi connectivity index (χ0) is 21.8. The Bertz CT molecular complexity index is 660. The van der Waals surface area contributed by atoms with Crippen molar-refractivity contribution in [2.45, 2.75) is 76.7 Å². The zero-order valence-corrected chi connectivity index (χ0v) is 19.2. The Balaban J connectivity index is 1.21. The number of carbonyl (C=O) groups excluding carboxylic acids is 3. The molecule has 0 aromatic rings. The molecule has 0 radical (unpaired) electrons. The number of piperidine rings is 2. The molecular formula is C24H39N3O4. The van der Waals surface area contributed by atoms with E-state index < -0.39 is 0 Å². The predicted molar refractivity (Wildman–Crippen MR) is 117 cm³/mol. The molecule has 0 bridgehead atoms. The molecule has 4 rings (SSSR count). The Hall–Kier alpha value is -1.63. The van der Waals surface area contributed by atoms with Crippen LogP contribution in [0.3, 0.4) is 0 Å². The number of rotatable bonds is 4. The zero-order valence-electron chi connectivity index (χ0n) is 19.2. The van der Waals surface area contributed by atoms with Crippen molar-refractivity contribution in [1.29, 1.82) is 0 Å². The second-order valence-corrected chi connectivity index (χ2v) is 10.2. The van der Waals surface area contributed by atoms with E-state index in [0.717, 1.165) is 97.2 Å². The van der Waals surface area contributed by atoms with E-state index in [9.17, 15) is 14.4 Å². The third-order valence-electron chi connectivity index (χ3n) is 8.07. The smallest absolute Gasteiger partial charge is 0.222 e. The minimum atomic E-state index is -0.141. The van der Waals surface area contributed by atoms with Crippen LogP contribution in [0.25, 0.3) is 0 Å². The van der Waals surface area contributed by atoms with Gasteiger partial charge in [-0.1, -0.05) is 0 Å². The van der Waals surface area contributed by atoms with Crippen LogP contribution in [0.1, 0.15) is 71.1 Å². The lowest BCUT2D eigenvalue weighted by atomic mass is 9.78. The summed E-state index contributed by atoms with van der Waals surface area (Å²) in [5, 5.41) is 0. The van der Waals surface area contributed by atoms with E-state index in [-0.39, 0.29) is 17.4 Å². The fraction of sp³-hybridized carbons (Fsp3) is 0.875. The van der Waals surface area contributed by atoms with Crippen LogP contribution in [0.2, 0.25) is 0 Å². The molecule has 174 valence electrons. The first-order valence-corrected chi connectivity index (χ1v) is 12.4. The Kier molecular flexibility index (Phi) is 7.19. The quantitative estimate of drug-likeness (QED) is 0.683. The Morgan fingerprint density at radius 3 is 1.97 bits per heavy atom.